The van der Waals surface area contributed by atoms with Gasteiger partial charge < -0.3 is 10.0 Å². The van der Waals surface area contributed by atoms with Crippen LogP contribution in [-0.4, -0.2) is 44.0 Å². The lowest BCUT2D eigenvalue weighted by atomic mass is 10.2. The fourth-order valence-corrected chi connectivity index (χ4v) is 4.23. The van der Waals surface area contributed by atoms with E-state index >= 15 is 0 Å². The number of benzene rings is 2. The van der Waals surface area contributed by atoms with Crippen molar-refractivity contribution in [1.29, 1.82) is 0 Å². The molecule has 5 nitrogen and oxygen atoms in total. The molecule has 2 aromatic carbocycles. The molecule has 1 aliphatic rings. The van der Waals surface area contributed by atoms with Gasteiger partial charge in [-0.25, -0.2) is 21.6 Å². The van der Waals surface area contributed by atoms with Crippen molar-refractivity contribution in [1.82, 2.24) is 4.31 Å². The summed E-state index contributed by atoms with van der Waals surface area (Å²) < 4.78 is 66.2. The number of anilines is 1. The lowest BCUT2D eigenvalue weighted by Gasteiger charge is -2.35. The summed E-state index contributed by atoms with van der Waals surface area (Å²) in [5.41, 5.74) is 0.568. The molecule has 0 aromatic heterocycles. The van der Waals surface area contributed by atoms with Crippen molar-refractivity contribution in [3.8, 4) is 5.75 Å². The van der Waals surface area contributed by atoms with Gasteiger partial charge >= 0.3 is 0 Å². The van der Waals surface area contributed by atoms with Crippen LogP contribution in [-0.2, 0) is 10.0 Å². The van der Waals surface area contributed by atoms with Crippen LogP contribution in [0.25, 0.3) is 0 Å². The largest absolute Gasteiger partial charge is 0.506 e. The van der Waals surface area contributed by atoms with Gasteiger partial charge in [0.15, 0.2) is 17.5 Å². The molecule has 0 amide bonds. The predicted molar refractivity (Wildman–Crippen MR) is 85.4 cm³/mol. The van der Waals surface area contributed by atoms with E-state index in [9.17, 15) is 26.7 Å². The van der Waals surface area contributed by atoms with Crippen LogP contribution in [0.3, 0.4) is 0 Å². The molecule has 0 spiro atoms. The number of aromatic hydroxyl groups is 1. The molecule has 0 atom stereocenters. The highest BCUT2D eigenvalue weighted by atomic mass is 32.2. The van der Waals surface area contributed by atoms with Crippen LogP contribution in [0.1, 0.15) is 0 Å². The smallest absolute Gasteiger partial charge is 0.246 e. The van der Waals surface area contributed by atoms with E-state index in [-0.39, 0.29) is 31.9 Å². The van der Waals surface area contributed by atoms with Crippen molar-refractivity contribution in [2.75, 3.05) is 31.1 Å². The van der Waals surface area contributed by atoms with E-state index in [0.29, 0.717) is 11.8 Å². The molecule has 134 valence electrons. The van der Waals surface area contributed by atoms with Crippen LogP contribution < -0.4 is 4.90 Å². The first-order valence-corrected chi connectivity index (χ1v) is 8.93. The van der Waals surface area contributed by atoms with Crippen molar-refractivity contribution in [2.45, 2.75) is 4.90 Å². The zero-order valence-electron chi connectivity index (χ0n) is 13.0. The van der Waals surface area contributed by atoms with Crippen molar-refractivity contribution in [2.24, 2.45) is 0 Å². The molecule has 3 rings (SSSR count). The zero-order valence-corrected chi connectivity index (χ0v) is 13.8. The van der Waals surface area contributed by atoms with Gasteiger partial charge in [-0.15, -0.1) is 0 Å². The molecule has 2 aromatic rings. The van der Waals surface area contributed by atoms with Crippen molar-refractivity contribution < 1.29 is 26.7 Å². The standard InChI is InChI=1S/C16H15F3N2O3S/c17-11-5-6-14(16(19)15(11)18)25(23,24)21-9-7-20(8-10-21)12-3-1-2-4-13(12)22/h1-6,22H,7-10H2. The Hall–Kier alpha value is -2.26. The summed E-state index contributed by atoms with van der Waals surface area (Å²) in [5.74, 6) is -4.90. The quantitative estimate of drug-likeness (QED) is 0.840. The first kappa shape index (κ1) is 17.6. The lowest BCUT2D eigenvalue weighted by Crippen LogP contribution is -2.48. The van der Waals surface area contributed by atoms with Gasteiger partial charge in [0.1, 0.15) is 10.6 Å². The summed E-state index contributed by atoms with van der Waals surface area (Å²) in [4.78, 5) is 0.908. The van der Waals surface area contributed by atoms with E-state index in [0.717, 1.165) is 10.4 Å². The maximum Gasteiger partial charge on any atom is 0.246 e. The fourth-order valence-electron chi connectivity index (χ4n) is 2.75. The lowest BCUT2D eigenvalue weighted by molar-refractivity contribution is 0.375. The van der Waals surface area contributed by atoms with Crippen LogP contribution in [0.4, 0.5) is 18.9 Å². The average Bonchev–Trinajstić information content (AvgIpc) is 2.60. The molecule has 1 heterocycles. The SMILES string of the molecule is O=S(=O)(c1ccc(F)c(F)c1F)N1CCN(c2ccccc2O)CC1. The van der Waals surface area contributed by atoms with E-state index in [2.05, 4.69) is 0 Å². The van der Waals surface area contributed by atoms with E-state index in [4.69, 9.17) is 0 Å². The maximum atomic E-state index is 13.8. The molecule has 0 bridgehead atoms. The minimum atomic E-state index is -4.29. The number of hydrogen-bond acceptors (Lipinski definition) is 4. The van der Waals surface area contributed by atoms with Crippen molar-refractivity contribution in [3.05, 3.63) is 53.8 Å². The highest BCUT2D eigenvalue weighted by Crippen LogP contribution is 2.29. The summed E-state index contributed by atoms with van der Waals surface area (Å²) in [6.45, 7) is 0.578. The molecular formula is C16H15F3N2O3S. The number of phenolic OH excluding ortho intramolecular Hbond substituents is 1. The Kier molecular flexibility index (Phi) is 4.61. The van der Waals surface area contributed by atoms with Crippen molar-refractivity contribution >= 4 is 15.7 Å². The van der Waals surface area contributed by atoms with Gasteiger partial charge in [0.05, 0.1) is 5.69 Å². The van der Waals surface area contributed by atoms with Crippen molar-refractivity contribution in [3.63, 3.8) is 0 Å². The second kappa shape index (κ2) is 6.57. The monoisotopic (exact) mass is 372 g/mol. The third kappa shape index (κ3) is 3.16. The van der Waals surface area contributed by atoms with Crippen LogP contribution in [0.2, 0.25) is 0 Å². The Labute approximate surface area is 143 Å². The number of para-hydroxylation sites is 2. The van der Waals surface area contributed by atoms with Gasteiger partial charge in [0.25, 0.3) is 0 Å². The highest BCUT2D eigenvalue weighted by Gasteiger charge is 2.32. The molecule has 1 fully saturated rings. The van der Waals surface area contributed by atoms with E-state index in [1.807, 2.05) is 0 Å². The number of phenols is 1. The summed E-state index contributed by atoms with van der Waals surface area (Å²) in [6, 6.07) is 7.95. The zero-order chi connectivity index (χ0) is 18.2. The number of sulfonamides is 1. The topological polar surface area (TPSA) is 60.9 Å². The number of piperazine rings is 1. The van der Waals surface area contributed by atoms with Crippen LogP contribution in [0, 0.1) is 17.5 Å². The summed E-state index contributed by atoms with van der Waals surface area (Å²) in [5, 5.41) is 9.86. The van der Waals surface area contributed by atoms with Gasteiger partial charge in [-0.2, -0.15) is 4.31 Å². The molecule has 9 heteroatoms. The molecule has 0 saturated carbocycles. The predicted octanol–water partition coefficient (Wildman–Crippen LogP) is 2.32. The first-order valence-electron chi connectivity index (χ1n) is 7.49. The van der Waals surface area contributed by atoms with E-state index < -0.39 is 32.4 Å². The molecule has 1 saturated heterocycles. The first-order chi connectivity index (χ1) is 11.8. The molecule has 0 aliphatic carbocycles. The second-order valence-electron chi connectivity index (χ2n) is 5.55. The molecule has 1 aliphatic heterocycles. The maximum absolute atomic E-state index is 13.8. The van der Waals surface area contributed by atoms with Crippen LogP contribution >= 0.6 is 0 Å². The Morgan fingerprint density at radius 3 is 2.16 bits per heavy atom. The number of rotatable bonds is 3. The molecular weight excluding hydrogens is 357 g/mol. The molecule has 1 N–H and O–H groups in total. The van der Waals surface area contributed by atoms with E-state index in [1.165, 1.54) is 6.07 Å². The Bertz CT molecular complexity index is 897. The van der Waals surface area contributed by atoms with Gasteiger partial charge in [0, 0.05) is 26.2 Å². The summed E-state index contributed by atoms with van der Waals surface area (Å²) >= 11 is 0. The minimum absolute atomic E-state index is 0.0229. The van der Waals surface area contributed by atoms with Gasteiger partial charge in [-0.3, -0.25) is 0 Å². The Morgan fingerprint density at radius 2 is 1.52 bits per heavy atom. The second-order valence-corrected chi connectivity index (χ2v) is 7.46. The Morgan fingerprint density at radius 1 is 0.880 bits per heavy atom. The van der Waals surface area contributed by atoms with Crippen LogP contribution in [0.15, 0.2) is 41.3 Å². The fraction of sp³-hybridized carbons (Fsp3) is 0.250. The average molecular weight is 372 g/mol. The van der Waals surface area contributed by atoms with Gasteiger partial charge in [-0.05, 0) is 24.3 Å². The van der Waals surface area contributed by atoms with Crippen LogP contribution in [0.5, 0.6) is 5.75 Å². The van der Waals surface area contributed by atoms with Gasteiger partial charge in [-0.1, -0.05) is 12.1 Å². The summed E-state index contributed by atoms with van der Waals surface area (Å²) in [7, 11) is -4.29. The summed E-state index contributed by atoms with van der Waals surface area (Å²) in [6.07, 6.45) is 0. The normalized spacial score (nSPS) is 16.2. The molecule has 0 radical (unpaired) electrons. The third-order valence-electron chi connectivity index (χ3n) is 4.08. The Balaban J connectivity index is 1.81. The molecule has 25 heavy (non-hydrogen) atoms. The minimum Gasteiger partial charge on any atom is -0.506 e. The highest BCUT2D eigenvalue weighted by molar-refractivity contribution is 7.89. The molecule has 0 unspecified atom stereocenters. The number of halogens is 3. The van der Waals surface area contributed by atoms with E-state index in [1.54, 1.807) is 23.1 Å². The third-order valence-corrected chi connectivity index (χ3v) is 5.99. The number of hydrogen-bond donors (Lipinski definition) is 1. The number of nitrogens with zero attached hydrogens (tertiary/aromatic N) is 2. The van der Waals surface area contributed by atoms with Gasteiger partial charge in [0.2, 0.25) is 10.0 Å².